The fraction of sp³-hybridized carbons (Fsp3) is 1.00. The summed E-state index contributed by atoms with van der Waals surface area (Å²) < 4.78 is 5.81. The molecule has 3 N–H and O–H groups in total. The van der Waals surface area contributed by atoms with E-state index in [4.69, 9.17) is 10.6 Å². The van der Waals surface area contributed by atoms with E-state index in [0.717, 1.165) is 26.1 Å². The van der Waals surface area contributed by atoms with Crippen molar-refractivity contribution in [3.05, 3.63) is 0 Å². The first kappa shape index (κ1) is 15.9. The Morgan fingerprint density at radius 3 is 2.67 bits per heavy atom. The first-order chi connectivity index (χ1) is 8.77. The molecule has 0 spiro atoms. The van der Waals surface area contributed by atoms with Crippen LogP contribution < -0.4 is 11.3 Å². The summed E-state index contributed by atoms with van der Waals surface area (Å²) in [7, 11) is 2.15. The lowest BCUT2D eigenvalue weighted by atomic mass is 10.0. The van der Waals surface area contributed by atoms with Crippen molar-refractivity contribution in [2.24, 2.45) is 5.84 Å². The summed E-state index contributed by atoms with van der Waals surface area (Å²) in [6.45, 7) is 5.11. The van der Waals surface area contributed by atoms with E-state index in [0.29, 0.717) is 6.04 Å². The first-order valence-corrected chi connectivity index (χ1v) is 7.54. The second-order valence-corrected chi connectivity index (χ2v) is 5.50. The molecule has 4 heteroatoms. The lowest BCUT2D eigenvalue weighted by molar-refractivity contribution is -0.0402. The van der Waals surface area contributed by atoms with Crippen molar-refractivity contribution < 1.29 is 4.74 Å². The van der Waals surface area contributed by atoms with Crippen molar-refractivity contribution >= 4 is 0 Å². The van der Waals surface area contributed by atoms with Gasteiger partial charge in [-0.2, -0.15) is 0 Å². The maximum absolute atomic E-state index is 5.81. The molecule has 1 heterocycles. The van der Waals surface area contributed by atoms with Gasteiger partial charge < -0.3 is 9.64 Å². The molecule has 0 aromatic rings. The zero-order valence-corrected chi connectivity index (χ0v) is 12.2. The summed E-state index contributed by atoms with van der Waals surface area (Å²) in [4.78, 5) is 2.32. The van der Waals surface area contributed by atoms with Gasteiger partial charge >= 0.3 is 0 Å². The second-order valence-electron chi connectivity index (χ2n) is 5.50. The monoisotopic (exact) mass is 257 g/mol. The van der Waals surface area contributed by atoms with E-state index in [1.54, 1.807) is 0 Å². The highest BCUT2D eigenvalue weighted by molar-refractivity contribution is 4.80. The largest absolute Gasteiger partial charge is 0.374 e. The zero-order chi connectivity index (χ0) is 13.2. The predicted octanol–water partition coefficient (Wildman–Crippen LogP) is 1.90. The molecule has 0 aliphatic carbocycles. The molecule has 0 radical (unpaired) electrons. The summed E-state index contributed by atoms with van der Waals surface area (Å²) in [5.41, 5.74) is 2.94. The highest BCUT2D eigenvalue weighted by atomic mass is 16.5. The molecule has 4 nitrogen and oxygen atoms in total. The van der Waals surface area contributed by atoms with Crippen molar-refractivity contribution in [1.82, 2.24) is 10.3 Å². The third kappa shape index (κ3) is 6.14. The number of nitrogens with one attached hydrogen (secondary N) is 1. The fourth-order valence-corrected chi connectivity index (χ4v) is 2.58. The standard InChI is InChI=1S/C14H31N3O/c1-3-4-5-6-7-8-9-13(16-15)14-12-17(2)10-11-18-14/h13-14,16H,3-12,15H2,1-2H3. The molecule has 2 atom stereocenters. The average molecular weight is 257 g/mol. The minimum absolute atomic E-state index is 0.254. The number of likely N-dealkylation sites (N-methyl/N-ethyl adjacent to an activating group) is 1. The number of morpholine rings is 1. The van der Waals surface area contributed by atoms with E-state index < -0.39 is 0 Å². The van der Waals surface area contributed by atoms with Crippen LogP contribution >= 0.6 is 0 Å². The van der Waals surface area contributed by atoms with Crippen LogP contribution in [0.2, 0.25) is 0 Å². The third-order valence-corrected chi connectivity index (χ3v) is 3.83. The van der Waals surface area contributed by atoms with E-state index in [-0.39, 0.29) is 6.10 Å². The Labute approximate surface area is 112 Å². The number of nitrogens with zero attached hydrogens (tertiary/aromatic N) is 1. The van der Waals surface area contributed by atoms with Crippen LogP contribution in [0.5, 0.6) is 0 Å². The lowest BCUT2D eigenvalue weighted by Gasteiger charge is -2.34. The van der Waals surface area contributed by atoms with Crippen LogP contribution in [0.25, 0.3) is 0 Å². The van der Waals surface area contributed by atoms with Crippen LogP contribution in [0.3, 0.4) is 0 Å². The summed E-state index contributed by atoms with van der Waals surface area (Å²) in [5, 5.41) is 0. The van der Waals surface area contributed by atoms with E-state index >= 15 is 0 Å². The van der Waals surface area contributed by atoms with Crippen LogP contribution in [-0.4, -0.2) is 43.8 Å². The van der Waals surface area contributed by atoms with Gasteiger partial charge in [0.25, 0.3) is 0 Å². The maximum Gasteiger partial charge on any atom is 0.0868 e. The van der Waals surface area contributed by atoms with Gasteiger partial charge in [0.2, 0.25) is 0 Å². The van der Waals surface area contributed by atoms with E-state index in [2.05, 4.69) is 24.3 Å². The maximum atomic E-state index is 5.81. The molecule has 18 heavy (non-hydrogen) atoms. The SMILES string of the molecule is CCCCCCCCC(NN)C1CN(C)CCO1. The average Bonchev–Trinajstić information content (AvgIpc) is 2.38. The number of hydrogen-bond acceptors (Lipinski definition) is 4. The molecule has 1 aliphatic heterocycles. The van der Waals surface area contributed by atoms with Crippen molar-refractivity contribution in [1.29, 1.82) is 0 Å². The van der Waals surface area contributed by atoms with Crippen LogP contribution in [0.4, 0.5) is 0 Å². The highest BCUT2D eigenvalue weighted by Crippen LogP contribution is 2.14. The molecule has 0 bridgehead atoms. The number of ether oxygens (including phenoxy) is 1. The van der Waals surface area contributed by atoms with Crippen LogP contribution in [0, 0.1) is 0 Å². The number of hydrazine groups is 1. The molecule has 0 aromatic heterocycles. The third-order valence-electron chi connectivity index (χ3n) is 3.83. The topological polar surface area (TPSA) is 50.5 Å². The van der Waals surface area contributed by atoms with E-state index in [9.17, 15) is 0 Å². The normalized spacial score (nSPS) is 23.2. The zero-order valence-electron chi connectivity index (χ0n) is 12.2. The van der Waals surface area contributed by atoms with Gasteiger partial charge in [-0.25, -0.2) is 0 Å². The van der Waals surface area contributed by atoms with Crippen molar-refractivity contribution in [2.75, 3.05) is 26.7 Å². The molecule has 2 unspecified atom stereocenters. The lowest BCUT2D eigenvalue weighted by Crippen LogP contribution is -2.53. The highest BCUT2D eigenvalue weighted by Gasteiger charge is 2.25. The number of unbranched alkanes of at least 4 members (excludes halogenated alkanes) is 5. The van der Waals surface area contributed by atoms with Crippen molar-refractivity contribution in [3.8, 4) is 0 Å². The first-order valence-electron chi connectivity index (χ1n) is 7.54. The van der Waals surface area contributed by atoms with Crippen molar-refractivity contribution in [2.45, 2.75) is 64.0 Å². The van der Waals surface area contributed by atoms with Gasteiger partial charge in [-0.05, 0) is 13.5 Å². The van der Waals surface area contributed by atoms with Crippen LogP contribution in [0.15, 0.2) is 0 Å². The number of hydrogen-bond donors (Lipinski definition) is 2. The Morgan fingerprint density at radius 2 is 2.00 bits per heavy atom. The van der Waals surface area contributed by atoms with Crippen LogP contribution in [-0.2, 0) is 4.74 Å². The molecule has 1 fully saturated rings. The summed E-state index contributed by atoms with van der Waals surface area (Å²) in [5.74, 6) is 5.66. The van der Waals surface area contributed by atoms with E-state index in [1.165, 1.54) is 38.5 Å². The van der Waals surface area contributed by atoms with Gasteiger partial charge in [0, 0.05) is 19.1 Å². The molecular weight excluding hydrogens is 226 g/mol. The summed E-state index contributed by atoms with van der Waals surface area (Å²) in [6.07, 6.45) is 9.37. The molecule has 0 aromatic carbocycles. The molecule has 1 saturated heterocycles. The van der Waals surface area contributed by atoms with Gasteiger partial charge in [-0.15, -0.1) is 0 Å². The molecule has 0 amide bonds. The minimum atomic E-state index is 0.254. The number of nitrogens with two attached hydrogens (primary N) is 1. The molecule has 0 saturated carbocycles. The minimum Gasteiger partial charge on any atom is -0.374 e. The van der Waals surface area contributed by atoms with Gasteiger partial charge in [0.15, 0.2) is 0 Å². The van der Waals surface area contributed by atoms with Gasteiger partial charge in [-0.1, -0.05) is 45.4 Å². The Balaban J connectivity index is 2.12. The van der Waals surface area contributed by atoms with Crippen molar-refractivity contribution in [3.63, 3.8) is 0 Å². The molecule has 1 rings (SSSR count). The Hall–Kier alpha value is -0.160. The van der Waals surface area contributed by atoms with Crippen LogP contribution in [0.1, 0.15) is 51.9 Å². The van der Waals surface area contributed by atoms with Gasteiger partial charge in [0.1, 0.15) is 0 Å². The quantitative estimate of drug-likeness (QED) is 0.376. The number of rotatable bonds is 9. The predicted molar refractivity (Wildman–Crippen MR) is 76.3 cm³/mol. The summed E-state index contributed by atoms with van der Waals surface area (Å²) in [6, 6.07) is 0.305. The van der Waals surface area contributed by atoms with E-state index in [1.807, 2.05) is 0 Å². The Kier molecular flexibility index (Phi) is 8.59. The summed E-state index contributed by atoms with van der Waals surface area (Å²) >= 11 is 0. The smallest absolute Gasteiger partial charge is 0.0868 e. The fourth-order valence-electron chi connectivity index (χ4n) is 2.58. The Morgan fingerprint density at radius 1 is 1.28 bits per heavy atom. The van der Waals surface area contributed by atoms with Gasteiger partial charge in [-0.3, -0.25) is 11.3 Å². The second kappa shape index (κ2) is 9.73. The van der Waals surface area contributed by atoms with Gasteiger partial charge in [0.05, 0.1) is 12.7 Å². The molecular formula is C14H31N3O. The Bertz CT molecular complexity index is 201. The molecule has 1 aliphatic rings. The molecule has 108 valence electrons.